The predicted molar refractivity (Wildman–Crippen MR) is 72.6 cm³/mol. The molecule has 0 spiro atoms. The van der Waals surface area contributed by atoms with Crippen LogP contribution >= 0.6 is 11.6 Å². The molecule has 0 saturated heterocycles. The zero-order valence-corrected chi connectivity index (χ0v) is 11.5. The fourth-order valence-corrected chi connectivity index (χ4v) is 2.89. The summed E-state index contributed by atoms with van der Waals surface area (Å²) in [6, 6.07) is 4.94. The molecule has 0 aliphatic heterocycles. The Balaban J connectivity index is 2.09. The van der Waals surface area contributed by atoms with E-state index in [9.17, 15) is 4.39 Å². The molecule has 0 bridgehead atoms. The molecule has 2 unspecified atom stereocenters. The standard InChI is InChI=1S/C15H20ClFO/c1-2-11-5-3-7-13(9-11)18-15-12(10-16)6-4-8-14(15)17/h4,6,8,11,13H,2-3,5,7,9-10H2,1H3. The van der Waals surface area contributed by atoms with E-state index >= 15 is 0 Å². The lowest BCUT2D eigenvalue weighted by atomic mass is 9.85. The highest BCUT2D eigenvalue weighted by Crippen LogP contribution is 2.32. The fraction of sp³-hybridized carbons (Fsp3) is 0.600. The number of para-hydroxylation sites is 1. The lowest BCUT2D eigenvalue weighted by Gasteiger charge is -2.29. The van der Waals surface area contributed by atoms with Crippen molar-refractivity contribution in [2.75, 3.05) is 0 Å². The molecule has 1 aromatic rings. The molecule has 3 heteroatoms. The molecule has 1 aliphatic rings. The number of halogens is 2. The molecule has 2 rings (SSSR count). The Morgan fingerprint density at radius 2 is 2.22 bits per heavy atom. The van der Waals surface area contributed by atoms with Crippen LogP contribution < -0.4 is 4.74 Å². The van der Waals surface area contributed by atoms with Crippen molar-refractivity contribution in [3.05, 3.63) is 29.6 Å². The first-order valence-electron chi connectivity index (χ1n) is 6.74. The van der Waals surface area contributed by atoms with Crippen LogP contribution in [-0.2, 0) is 5.88 Å². The van der Waals surface area contributed by atoms with Crippen LogP contribution in [0.15, 0.2) is 18.2 Å². The van der Waals surface area contributed by atoms with Crippen molar-refractivity contribution in [1.29, 1.82) is 0 Å². The number of ether oxygens (including phenoxy) is 1. The van der Waals surface area contributed by atoms with Crippen LogP contribution in [0.2, 0.25) is 0 Å². The number of benzene rings is 1. The molecule has 1 fully saturated rings. The van der Waals surface area contributed by atoms with Crippen LogP contribution in [0.25, 0.3) is 0 Å². The van der Waals surface area contributed by atoms with Gasteiger partial charge in [-0.05, 0) is 31.2 Å². The molecule has 0 heterocycles. The Bertz CT molecular complexity index is 394. The average molecular weight is 271 g/mol. The Morgan fingerprint density at radius 3 is 2.94 bits per heavy atom. The molecule has 0 N–H and O–H groups in total. The second-order valence-corrected chi connectivity index (χ2v) is 5.31. The fourth-order valence-electron chi connectivity index (χ4n) is 2.68. The second-order valence-electron chi connectivity index (χ2n) is 5.04. The topological polar surface area (TPSA) is 9.23 Å². The molecule has 0 aromatic heterocycles. The van der Waals surface area contributed by atoms with Gasteiger partial charge < -0.3 is 4.74 Å². The summed E-state index contributed by atoms with van der Waals surface area (Å²) in [5, 5.41) is 0. The van der Waals surface area contributed by atoms with Gasteiger partial charge in [-0.3, -0.25) is 0 Å². The van der Waals surface area contributed by atoms with Gasteiger partial charge in [-0.2, -0.15) is 0 Å². The van der Waals surface area contributed by atoms with Crippen molar-refractivity contribution in [2.24, 2.45) is 5.92 Å². The van der Waals surface area contributed by atoms with Crippen LogP contribution in [0, 0.1) is 11.7 Å². The Morgan fingerprint density at radius 1 is 1.39 bits per heavy atom. The molecule has 0 radical (unpaired) electrons. The lowest BCUT2D eigenvalue weighted by molar-refractivity contribution is 0.116. The first kappa shape index (κ1) is 13.7. The zero-order chi connectivity index (χ0) is 13.0. The number of rotatable bonds is 4. The quantitative estimate of drug-likeness (QED) is 0.706. The van der Waals surface area contributed by atoms with Gasteiger partial charge in [0.1, 0.15) is 0 Å². The molecular weight excluding hydrogens is 251 g/mol. The SMILES string of the molecule is CCC1CCCC(Oc2c(F)cccc2CCl)C1. The minimum absolute atomic E-state index is 0.141. The Hall–Kier alpha value is -0.760. The number of hydrogen-bond donors (Lipinski definition) is 0. The van der Waals surface area contributed by atoms with E-state index in [1.54, 1.807) is 6.07 Å². The number of alkyl halides is 1. The largest absolute Gasteiger partial charge is 0.487 e. The van der Waals surface area contributed by atoms with Crippen LogP contribution in [0.1, 0.15) is 44.6 Å². The molecule has 1 aromatic carbocycles. The van der Waals surface area contributed by atoms with Gasteiger partial charge in [-0.15, -0.1) is 11.6 Å². The van der Waals surface area contributed by atoms with Crippen LogP contribution in [0.3, 0.4) is 0 Å². The van der Waals surface area contributed by atoms with Crippen LogP contribution in [0.4, 0.5) is 4.39 Å². The maximum Gasteiger partial charge on any atom is 0.165 e. The summed E-state index contributed by atoms with van der Waals surface area (Å²) >= 11 is 5.83. The van der Waals surface area contributed by atoms with Gasteiger partial charge in [0, 0.05) is 5.56 Å². The van der Waals surface area contributed by atoms with E-state index < -0.39 is 0 Å². The van der Waals surface area contributed by atoms with E-state index in [1.807, 2.05) is 6.07 Å². The van der Waals surface area contributed by atoms with E-state index in [0.29, 0.717) is 5.75 Å². The summed E-state index contributed by atoms with van der Waals surface area (Å²) in [7, 11) is 0. The van der Waals surface area contributed by atoms with Crippen molar-refractivity contribution in [1.82, 2.24) is 0 Å². The third-order valence-electron chi connectivity index (χ3n) is 3.79. The summed E-state index contributed by atoms with van der Waals surface area (Å²) in [4.78, 5) is 0. The molecule has 1 aliphatic carbocycles. The first-order chi connectivity index (χ1) is 8.74. The predicted octanol–water partition coefficient (Wildman–Crippen LogP) is 4.91. The van der Waals surface area contributed by atoms with E-state index in [1.165, 1.54) is 25.3 Å². The smallest absolute Gasteiger partial charge is 0.165 e. The van der Waals surface area contributed by atoms with Crippen LogP contribution in [-0.4, -0.2) is 6.10 Å². The van der Waals surface area contributed by atoms with Gasteiger partial charge in [0.15, 0.2) is 11.6 Å². The van der Waals surface area contributed by atoms with Crippen molar-refractivity contribution >= 4 is 11.6 Å². The molecule has 100 valence electrons. The monoisotopic (exact) mass is 270 g/mol. The molecule has 2 atom stereocenters. The normalized spacial score (nSPS) is 23.9. The van der Waals surface area contributed by atoms with Gasteiger partial charge in [0.25, 0.3) is 0 Å². The summed E-state index contributed by atoms with van der Waals surface area (Å²) in [5.41, 5.74) is 0.746. The lowest BCUT2D eigenvalue weighted by Crippen LogP contribution is -2.25. The maximum absolute atomic E-state index is 13.8. The van der Waals surface area contributed by atoms with E-state index in [4.69, 9.17) is 16.3 Å². The van der Waals surface area contributed by atoms with Crippen molar-refractivity contribution < 1.29 is 9.13 Å². The minimum atomic E-state index is -0.299. The van der Waals surface area contributed by atoms with Crippen LogP contribution in [0.5, 0.6) is 5.75 Å². The summed E-state index contributed by atoms with van der Waals surface area (Å²) in [6.07, 6.45) is 5.82. The maximum atomic E-state index is 13.8. The van der Waals surface area contributed by atoms with Gasteiger partial charge >= 0.3 is 0 Å². The van der Waals surface area contributed by atoms with Gasteiger partial charge in [-0.1, -0.05) is 31.9 Å². The summed E-state index contributed by atoms with van der Waals surface area (Å²) < 4.78 is 19.7. The highest BCUT2D eigenvalue weighted by atomic mass is 35.5. The van der Waals surface area contributed by atoms with Gasteiger partial charge in [0.05, 0.1) is 12.0 Å². The third kappa shape index (κ3) is 3.17. The second kappa shape index (κ2) is 6.42. The average Bonchev–Trinajstić information content (AvgIpc) is 2.41. The Labute approximate surface area is 113 Å². The van der Waals surface area contributed by atoms with Crippen molar-refractivity contribution in [2.45, 2.75) is 51.0 Å². The van der Waals surface area contributed by atoms with Crippen molar-refractivity contribution in [3.63, 3.8) is 0 Å². The molecule has 18 heavy (non-hydrogen) atoms. The first-order valence-corrected chi connectivity index (χ1v) is 7.28. The molecule has 0 amide bonds. The van der Waals surface area contributed by atoms with Gasteiger partial charge in [-0.25, -0.2) is 4.39 Å². The molecule has 1 saturated carbocycles. The van der Waals surface area contributed by atoms with E-state index in [-0.39, 0.29) is 17.8 Å². The molecule has 1 nitrogen and oxygen atoms in total. The van der Waals surface area contributed by atoms with Gasteiger partial charge in [0.2, 0.25) is 0 Å². The molecular formula is C15H20ClFO. The summed E-state index contributed by atoms with van der Waals surface area (Å²) in [5.74, 6) is 1.06. The van der Waals surface area contributed by atoms with E-state index in [0.717, 1.165) is 24.3 Å². The Kier molecular flexibility index (Phi) is 4.87. The highest BCUT2D eigenvalue weighted by molar-refractivity contribution is 6.17. The van der Waals surface area contributed by atoms with E-state index in [2.05, 4.69) is 6.92 Å². The zero-order valence-electron chi connectivity index (χ0n) is 10.8. The number of hydrogen-bond acceptors (Lipinski definition) is 1. The summed E-state index contributed by atoms with van der Waals surface area (Å²) in [6.45, 7) is 2.21. The van der Waals surface area contributed by atoms with Crippen molar-refractivity contribution in [3.8, 4) is 5.75 Å². The minimum Gasteiger partial charge on any atom is -0.487 e. The highest BCUT2D eigenvalue weighted by Gasteiger charge is 2.23. The third-order valence-corrected chi connectivity index (χ3v) is 4.08.